The van der Waals surface area contributed by atoms with Gasteiger partial charge in [0.1, 0.15) is 5.75 Å². The second kappa shape index (κ2) is 10.5. The van der Waals surface area contributed by atoms with Gasteiger partial charge in [-0.1, -0.05) is 31.0 Å². The fourth-order valence-corrected chi connectivity index (χ4v) is 1.56. The quantitative estimate of drug-likeness (QED) is 0.684. The van der Waals surface area contributed by atoms with E-state index in [-0.39, 0.29) is 12.5 Å². The van der Waals surface area contributed by atoms with Crippen molar-refractivity contribution in [2.45, 2.75) is 26.7 Å². The Labute approximate surface area is 131 Å². The fourth-order valence-electron chi connectivity index (χ4n) is 1.56. The topological polar surface area (TPSA) is 76.7 Å². The van der Waals surface area contributed by atoms with Gasteiger partial charge < -0.3 is 20.1 Å². The van der Waals surface area contributed by atoms with Gasteiger partial charge in [-0.05, 0) is 25.5 Å². The van der Waals surface area contributed by atoms with Crippen molar-refractivity contribution in [3.05, 3.63) is 29.8 Å². The van der Waals surface area contributed by atoms with Crippen molar-refractivity contribution >= 4 is 12.0 Å². The van der Waals surface area contributed by atoms with Crippen LogP contribution in [0.4, 0.5) is 4.79 Å². The van der Waals surface area contributed by atoms with Crippen molar-refractivity contribution in [1.29, 1.82) is 0 Å². The maximum Gasteiger partial charge on any atom is 0.407 e. The molecule has 0 saturated carbocycles. The van der Waals surface area contributed by atoms with E-state index in [1.165, 1.54) is 0 Å². The van der Waals surface area contributed by atoms with Gasteiger partial charge in [-0.15, -0.1) is 0 Å². The summed E-state index contributed by atoms with van der Waals surface area (Å²) in [5.41, 5.74) is 1.13. The third-order valence-electron chi connectivity index (χ3n) is 2.84. The number of hydrogen-bond donors (Lipinski definition) is 2. The highest BCUT2D eigenvalue weighted by Crippen LogP contribution is 2.10. The van der Waals surface area contributed by atoms with Gasteiger partial charge in [-0.3, -0.25) is 4.79 Å². The predicted octanol–water partition coefficient (Wildman–Crippen LogP) is 2.02. The first-order valence-electron chi connectivity index (χ1n) is 7.48. The van der Waals surface area contributed by atoms with Gasteiger partial charge in [-0.25, -0.2) is 4.79 Å². The zero-order valence-electron chi connectivity index (χ0n) is 13.2. The molecule has 122 valence electrons. The zero-order valence-corrected chi connectivity index (χ0v) is 13.2. The van der Waals surface area contributed by atoms with Crippen molar-refractivity contribution in [3.63, 3.8) is 0 Å². The summed E-state index contributed by atoms with van der Waals surface area (Å²) in [5.74, 6) is 0.417. The smallest absolute Gasteiger partial charge is 0.407 e. The number of carbonyl (C=O) groups is 2. The minimum absolute atomic E-state index is 0.0516. The monoisotopic (exact) mass is 308 g/mol. The first-order chi connectivity index (χ1) is 10.6. The SMILES string of the molecule is CCCCOC(=O)NCCNC(=O)COc1ccc(C)cc1. The normalized spacial score (nSPS) is 9.91. The molecule has 2 N–H and O–H groups in total. The van der Waals surface area contributed by atoms with Crippen molar-refractivity contribution in [1.82, 2.24) is 10.6 Å². The Morgan fingerprint density at radius 2 is 1.77 bits per heavy atom. The number of ether oxygens (including phenoxy) is 2. The first-order valence-corrected chi connectivity index (χ1v) is 7.48. The van der Waals surface area contributed by atoms with E-state index in [4.69, 9.17) is 9.47 Å². The Kier molecular flexibility index (Phi) is 8.49. The van der Waals surface area contributed by atoms with Crippen molar-refractivity contribution in [2.24, 2.45) is 0 Å². The summed E-state index contributed by atoms with van der Waals surface area (Å²) in [7, 11) is 0. The van der Waals surface area contributed by atoms with Gasteiger partial charge in [0.25, 0.3) is 5.91 Å². The molecule has 6 heteroatoms. The molecule has 2 amide bonds. The summed E-state index contributed by atoms with van der Waals surface area (Å²) in [6.45, 7) is 5.02. The zero-order chi connectivity index (χ0) is 16.2. The van der Waals surface area contributed by atoms with E-state index in [1.54, 1.807) is 0 Å². The van der Waals surface area contributed by atoms with Gasteiger partial charge >= 0.3 is 6.09 Å². The van der Waals surface area contributed by atoms with Crippen LogP contribution in [0.3, 0.4) is 0 Å². The van der Waals surface area contributed by atoms with Gasteiger partial charge in [0.15, 0.2) is 6.61 Å². The Balaban J connectivity index is 2.06. The maximum atomic E-state index is 11.6. The highest BCUT2D eigenvalue weighted by Gasteiger charge is 2.04. The highest BCUT2D eigenvalue weighted by atomic mass is 16.5. The van der Waals surface area contributed by atoms with Gasteiger partial charge in [0, 0.05) is 13.1 Å². The van der Waals surface area contributed by atoms with Gasteiger partial charge in [0.05, 0.1) is 6.61 Å². The van der Waals surface area contributed by atoms with E-state index in [0.29, 0.717) is 25.4 Å². The second-order valence-electron chi connectivity index (χ2n) is 4.87. The lowest BCUT2D eigenvalue weighted by Crippen LogP contribution is -2.37. The number of rotatable bonds is 9. The summed E-state index contributed by atoms with van der Waals surface area (Å²) in [5, 5.41) is 5.21. The van der Waals surface area contributed by atoms with Crippen molar-refractivity contribution in [3.8, 4) is 5.75 Å². The van der Waals surface area contributed by atoms with Crippen molar-refractivity contribution in [2.75, 3.05) is 26.3 Å². The molecule has 0 aromatic heterocycles. The van der Waals surface area contributed by atoms with Crippen LogP contribution in [0.15, 0.2) is 24.3 Å². The molecule has 0 radical (unpaired) electrons. The van der Waals surface area contributed by atoms with Crippen LogP contribution in [0.25, 0.3) is 0 Å². The van der Waals surface area contributed by atoms with Crippen LogP contribution in [0.1, 0.15) is 25.3 Å². The molecule has 0 saturated heterocycles. The average molecular weight is 308 g/mol. The number of carbonyl (C=O) groups excluding carboxylic acids is 2. The molecule has 0 aliphatic rings. The van der Waals surface area contributed by atoms with E-state index >= 15 is 0 Å². The molecule has 0 bridgehead atoms. The summed E-state index contributed by atoms with van der Waals surface area (Å²) < 4.78 is 10.3. The van der Waals surface area contributed by atoms with Gasteiger partial charge in [0.2, 0.25) is 0 Å². The van der Waals surface area contributed by atoms with E-state index < -0.39 is 6.09 Å². The first kappa shape index (κ1) is 17.8. The number of aryl methyl sites for hydroxylation is 1. The molecule has 0 unspecified atom stereocenters. The summed E-state index contributed by atoms with van der Waals surface area (Å²) in [6.07, 6.45) is 1.36. The predicted molar refractivity (Wildman–Crippen MR) is 83.9 cm³/mol. The minimum Gasteiger partial charge on any atom is -0.484 e. The Morgan fingerprint density at radius 1 is 1.09 bits per heavy atom. The molecule has 1 rings (SSSR count). The molecule has 0 fully saturated rings. The lowest BCUT2D eigenvalue weighted by molar-refractivity contribution is -0.123. The van der Waals surface area contributed by atoms with Crippen LogP contribution in [0.2, 0.25) is 0 Å². The molecule has 6 nitrogen and oxygen atoms in total. The largest absolute Gasteiger partial charge is 0.484 e. The number of nitrogens with one attached hydrogen (secondary N) is 2. The second-order valence-corrected chi connectivity index (χ2v) is 4.87. The minimum atomic E-state index is -0.460. The number of amides is 2. The number of benzene rings is 1. The van der Waals surface area contributed by atoms with Crippen LogP contribution >= 0.6 is 0 Å². The third-order valence-corrected chi connectivity index (χ3v) is 2.84. The summed E-state index contributed by atoms with van der Waals surface area (Å²) in [6, 6.07) is 7.47. The average Bonchev–Trinajstić information content (AvgIpc) is 2.51. The van der Waals surface area contributed by atoms with Crippen LogP contribution in [0, 0.1) is 6.92 Å². The van der Waals surface area contributed by atoms with E-state index in [2.05, 4.69) is 10.6 Å². The molecule has 1 aromatic carbocycles. The maximum absolute atomic E-state index is 11.6. The summed E-state index contributed by atoms with van der Waals surface area (Å²) >= 11 is 0. The van der Waals surface area contributed by atoms with E-state index in [9.17, 15) is 9.59 Å². The number of alkyl carbamates (subject to hydrolysis) is 1. The lowest BCUT2D eigenvalue weighted by Gasteiger charge is -2.09. The third kappa shape index (κ3) is 8.14. The molecule has 22 heavy (non-hydrogen) atoms. The molecule has 0 heterocycles. The Morgan fingerprint density at radius 3 is 2.45 bits per heavy atom. The molecule has 1 aromatic rings. The van der Waals surface area contributed by atoms with Crippen LogP contribution in [-0.4, -0.2) is 38.3 Å². The van der Waals surface area contributed by atoms with E-state index in [0.717, 1.165) is 18.4 Å². The molecule has 0 atom stereocenters. The van der Waals surface area contributed by atoms with Crippen LogP contribution in [-0.2, 0) is 9.53 Å². The molecule has 0 aliphatic heterocycles. The number of hydrogen-bond acceptors (Lipinski definition) is 4. The lowest BCUT2D eigenvalue weighted by atomic mass is 10.2. The summed E-state index contributed by atoms with van der Waals surface area (Å²) in [4.78, 5) is 22.8. The van der Waals surface area contributed by atoms with E-state index in [1.807, 2.05) is 38.1 Å². The Hall–Kier alpha value is -2.24. The standard InChI is InChI=1S/C16H24N2O4/c1-3-4-11-21-16(20)18-10-9-17-15(19)12-22-14-7-5-13(2)6-8-14/h5-8H,3-4,9-12H2,1-2H3,(H,17,19)(H,18,20). The van der Waals surface area contributed by atoms with Gasteiger partial charge in [-0.2, -0.15) is 0 Å². The molecule has 0 spiro atoms. The Bertz CT molecular complexity index is 460. The molecular formula is C16H24N2O4. The fraction of sp³-hybridized carbons (Fsp3) is 0.500. The van der Waals surface area contributed by atoms with Crippen LogP contribution in [0.5, 0.6) is 5.75 Å². The van der Waals surface area contributed by atoms with Crippen molar-refractivity contribution < 1.29 is 19.1 Å². The molecule has 0 aliphatic carbocycles. The number of unbranched alkanes of at least 4 members (excludes halogenated alkanes) is 1. The highest BCUT2D eigenvalue weighted by molar-refractivity contribution is 5.77. The molecular weight excluding hydrogens is 284 g/mol. The van der Waals surface area contributed by atoms with Crippen LogP contribution < -0.4 is 15.4 Å².